The molecule has 0 aliphatic carbocycles. The zero-order chi connectivity index (χ0) is 11.0. The number of aliphatic hydroxyl groups excluding tert-OH is 1. The van der Waals surface area contributed by atoms with Gasteiger partial charge in [-0.05, 0) is 44.6 Å². The largest absolute Gasteiger partial charge is 0.481 e. The number of carboxylic acid groups (broad SMARTS) is 1. The molecule has 0 unspecified atom stereocenters. The summed E-state index contributed by atoms with van der Waals surface area (Å²) in [7, 11) is 0. The third-order valence-electron chi connectivity index (χ3n) is 2.12. The van der Waals surface area contributed by atoms with Crippen LogP contribution >= 0.6 is 11.8 Å². The fraction of sp³-hybridized carbons (Fsp3) is 0.900. The van der Waals surface area contributed by atoms with Gasteiger partial charge < -0.3 is 10.2 Å². The van der Waals surface area contributed by atoms with E-state index in [9.17, 15) is 4.79 Å². The number of rotatable bonds is 8. The van der Waals surface area contributed by atoms with E-state index in [-0.39, 0.29) is 6.61 Å². The zero-order valence-corrected chi connectivity index (χ0v) is 9.77. The molecule has 0 rings (SSSR count). The second-order valence-electron chi connectivity index (χ2n) is 3.98. The fourth-order valence-corrected chi connectivity index (χ4v) is 1.88. The first kappa shape index (κ1) is 13.8. The molecule has 0 atom stereocenters. The number of thioether (sulfide) groups is 1. The van der Waals surface area contributed by atoms with Crippen molar-refractivity contribution in [1.29, 1.82) is 0 Å². The number of aliphatic carboxylic acids is 1. The Hall–Kier alpha value is -0.220. The van der Waals surface area contributed by atoms with Gasteiger partial charge in [-0.2, -0.15) is 11.8 Å². The molecule has 0 saturated carbocycles. The molecular weight excluding hydrogens is 200 g/mol. The van der Waals surface area contributed by atoms with E-state index >= 15 is 0 Å². The average molecular weight is 220 g/mol. The van der Waals surface area contributed by atoms with Gasteiger partial charge in [-0.25, -0.2) is 0 Å². The SMILES string of the molecule is CC(C)(CCCSCCCO)C(=O)O. The van der Waals surface area contributed by atoms with Gasteiger partial charge in [0, 0.05) is 6.61 Å². The van der Waals surface area contributed by atoms with Gasteiger partial charge in [0.1, 0.15) is 0 Å². The van der Waals surface area contributed by atoms with Gasteiger partial charge in [0.05, 0.1) is 5.41 Å². The van der Waals surface area contributed by atoms with Crippen molar-refractivity contribution >= 4 is 17.7 Å². The second-order valence-corrected chi connectivity index (χ2v) is 5.21. The molecule has 0 aliphatic rings. The Balaban J connectivity index is 3.40. The van der Waals surface area contributed by atoms with Gasteiger partial charge in [-0.1, -0.05) is 0 Å². The maximum Gasteiger partial charge on any atom is 0.309 e. The van der Waals surface area contributed by atoms with E-state index in [4.69, 9.17) is 10.2 Å². The van der Waals surface area contributed by atoms with Crippen molar-refractivity contribution in [3.05, 3.63) is 0 Å². The smallest absolute Gasteiger partial charge is 0.309 e. The zero-order valence-electron chi connectivity index (χ0n) is 8.95. The summed E-state index contributed by atoms with van der Waals surface area (Å²) in [5.41, 5.74) is -0.600. The summed E-state index contributed by atoms with van der Waals surface area (Å²) in [5, 5.41) is 17.4. The highest BCUT2D eigenvalue weighted by Gasteiger charge is 2.25. The molecule has 2 N–H and O–H groups in total. The molecule has 0 aliphatic heterocycles. The molecule has 84 valence electrons. The predicted molar refractivity (Wildman–Crippen MR) is 59.7 cm³/mol. The Morgan fingerprint density at radius 1 is 1.29 bits per heavy atom. The van der Waals surface area contributed by atoms with Gasteiger partial charge in [0.2, 0.25) is 0 Å². The predicted octanol–water partition coefficient (Wildman–Crippen LogP) is 1.99. The Labute approximate surface area is 89.9 Å². The normalized spacial score (nSPS) is 11.6. The molecule has 3 nitrogen and oxygen atoms in total. The van der Waals surface area contributed by atoms with Crippen LogP contribution in [-0.4, -0.2) is 34.3 Å². The van der Waals surface area contributed by atoms with E-state index in [1.165, 1.54) is 0 Å². The Morgan fingerprint density at radius 3 is 2.36 bits per heavy atom. The molecule has 0 fully saturated rings. The lowest BCUT2D eigenvalue weighted by atomic mass is 9.88. The summed E-state index contributed by atoms with van der Waals surface area (Å²) >= 11 is 1.78. The summed E-state index contributed by atoms with van der Waals surface area (Å²) in [6.45, 7) is 3.76. The van der Waals surface area contributed by atoms with Crippen LogP contribution in [0.15, 0.2) is 0 Å². The number of carboxylic acids is 1. The lowest BCUT2D eigenvalue weighted by Crippen LogP contribution is -2.23. The highest BCUT2D eigenvalue weighted by atomic mass is 32.2. The lowest BCUT2D eigenvalue weighted by molar-refractivity contribution is -0.147. The summed E-state index contributed by atoms with van der Waals surface area (Å²) in [4.78, 5) is 10.7. The maximum absolute atomic E-state index is 10.7. The first-order valence-corrected chi connectivity index (χ1v) is 6.08. The monoisotopic (exact) mass is 220 g/mol. The third kappa shape index (κ3) is 6.27. The molecule has 4 heteroatoms. The number of hydrogen-bond donors (Lipinski definition) is 2. The van der Waals surface area contributed by atoms with Gasteiger partial charge in [0.25, 0.3) is 0 Å². The number of aliphatic hydroxyl groups is 1. The van der Waals surface area contributed by atoms with Crippen molar-refractivity contribution in [3.8, 4) is 0 Å². The van der Waals surface area contributed by atoms with E-state index in [1.54, 1.807) is 25.6 Å². The lowest BCUT2D eigenvalue weighted by Gasteiger charge is -2.18. The van der Waals surface area contributed by atoms with E-state index in [2.05, 4.69) is 0 Å². The van der Waals surface area contributed by atoms with Crippen LogP contribution in [0.2, 0.25) is 0 Å². The van der Waals surface area contributed by atoms with Crippen molar-refractivity contribution in [2.24, 2.45) is 5.41 Å². The summed E-state index contributed by atoms with van der Waals surface area (Å²) in [5.74, 6) is 1.22. The first-order valence-electron chi connectivity index (χ1n) is 4.92. The Bertz CT molecular complexity index is 169. The van der Waals surface area contributed by atoms with E-state index < -0.39 is 11.4 Å². The van der Waals surface area contributed by atoms with Crippen molar-refractivity contribution in [2.75, 3.05) is 18.1 Å². The summed E-state index contributed by atoms with van der Waals surface area (Å²) < 4.78 is 0. The number of carbonyl (C=O) groups is 1. The van der Waals surface area contributed by atoms with Crippen molar-refractivity contribution in [3.63, 3.8) is 0 Å². The van der Waals surface area contributed by atoms with Crippen molar-refractivity contribution in [2.45, 2.75) is 33.1 Å². The van der Waals surface area contributed by atoms with Crippen LogP contribution in [0.3, 0.4) is 0 Å². The van der Waals surface area contributed by atoms with Gasteiger partial charge in [-0.15, -0.1) is 0 Å². The molecule has 14 heavy (non-hydrogen) atoms. The van der Waals surface area contributed by atoms with Gasteiger partial charge in [0.15, 0.2) is 0 Å². The molecule has 0 aromatic carbocycles. The van der Waals surface area contributed by atoms with Crippen LogP contribution in [0.1, 0.15) is 33.1 Å². The molecular formula is C10H20O3S. The minimum Gasteiger partial charge on any atom is -0.481 e. The molecule has 0 spiro atoms. The third-order valence-corrected chi connectivity index (χ3v) is 3.27. The Kier molecular flexibility index (Phi) is 7.01. The molecule has 0 bridgehead atoms. The van der Waals surface area contributed by atoms with Gasteiger partial charge >= 0.3 is 5.97 Å². The van der Waals surface area contributed by atoms with E-state index in [0.717, 1.165) is 24.3 Å². The van der Waals surface area contributed by atoms with Gasteiger partial charge in [-0.3, -0.25) is 4.79 Å². The minimum absolute atomic E-state index is 0.244. The topological polar surface area (TPSA) is 57.5 Å². The average Bonchev–Trinajstić information content (AvgIpc) is 2.10. The van der Waals surface area contributed by atoms with Crippen LogP contribution in [0.5, 0.6) is 0 Å². The maximum atomic E-state index is 10.7. The molecule has 0 heterocycles. The fourth-order valence-electron chi connectivity index (χ4n) is 0.992. The summed E-state index contributed by atoms with van der Waals surface area (Å²) in [6, 6.07) is 0. The molecule has 0 radical (unpaired) electrons. The Morgan fingerprint density at radius 2 is 1.86 bits per heavy atom. The highest BCUT2D eigenvalue weighted by Crippen LogP contribution is 2.23. The standard InChI is InChI=1S/C10H20O3S/c1-10(2,9(12)13)5-3-7-14-8-4-6-11/h11H,3-8H2,1-2H3,(H,12,13). The summed E-state index contributed by atoms with van der Waals surface area (Å²) in [6.07, 6.45) is 2.47. The number of hydrogen-bond acceptors (Lipinski definition) is 3. The van der Waals surface area contributed by atoms with Crippen LogP contribution in [0.25, 0.3) is 0 Å². The quantitative estimate of drug-likeness (QED) is 0.614. The second kappa shape index (κ2) is 7.12. The molecule has 0 saturated heterocycles. The van der Waals surface area contributed by atoms with E-state index in [1.807, 2.05) is 0 Å². The van der Waals surface area contributed by atoms with Crippen molar-refractivity contribution < 1.29 is 15.0 Å². The molecule has 0 aromatic rings. The van der Waals surface area contributed by atoms with Crippen LogP contribution in [0.4, 0.5) is 0 Å². The van der Waals surface area contributed by atoms with Crippen molar-refractivity contribution in [1.82, 2.24) is 0 Å². The van der Waals surface area contributed by atoms with Crippen LogP contribution in [-0.2, 0) is 4.79 Å². The highest BCUT2D eigenvalue weighted by molar-refractivity contribution is 7.99. The van der Waals surface area contributed by atoms with E-state index in [0.29, 0.717) is 6.42 Å². The van der Waals surface area contributed by atoms with Crippen LogP contribution in [0, 0.1) is 5.41 Å². The molecule has 0 amide bonds. The molecule has 0 aromatic heterocycles. The first-order chi connectivity index (χ1) is 6.50. The minimum atomic E-state index is -0.724. The van der Waals surface area contributed by atoms with Crippen LogP contribution < -0.4 is 0 Å².